The van der Waals surface area contributed by atoms with Gasteiger partial charge in [-0.25, -0.2) is 0 Å². The van der Waals surface area contributed by atoms with Crippen LogP contribution < -0.4 is 16.2 Å². The van der Waals surface area contributed by atoms with Crippen LogP contribution in [0.3, 0.4) is 0 Å². The first-order valence-electron chi connectivity index (χ1n) is 10.7. The first-order valence-corrected chi connectivity index (χ1v) is 10.7. The molecular weight excluding hydrogens is 459 g/mol. The van der Waals surface area contributed by atoms with Gasteiger partial charge < -0.3 is 20.3 Å². The van der Waals surface area contributed by atoms with Crippen LogP contribution in [0.1, 0.15) is 34.5 Å². The van der Waals surface area contributed by atoms with Gasteiger partial charge in [-0.15, -0.1) is 0 Å². The number of alkyl halides is 3. The van der Waals surface area contributed by atoms with Crippen LogP contribution in [0.25, 0.3) is 10.9 Å². The number of pyridine rings is 1. The molecule has 0 bridgehead atoms. The minimum Gasteiger partial charge on any atom is -0.502 e. The van der Waals surface area contributed by atoms with Crippen LogP contribution in [-0.2, 0) is 13.2 Å². The largest absolute Gasteiger partial charge is 0.502 e. The number of carbonyl (C=O) groups is 1. The van der Waals surface area contributed by atoms with Gasteiger partial charge in [0.05, 0.1) is 22.7 Å². The van der Waals surface area contributed by atoms with Crippen LogP contribution in [0.5, 0.6) is 5.75 Å². The van der Waals surface area contributed by atoms with E-state index in [-0.39, 0.29) is 11.3 Å². The standard InChI is InChI=1S/C26H22F3N3O3/c1-15(30-24(34)22-20-11-3-4-12-21(20)32(2)25(35)23(22)33)16-7-5-9-18(13-16)31-19-10-6-8-17(14-19)26(27,28)29/h3-15,31,33H,1-2H3,(H,30,34)/t15-/m1/s1. The molecule has 3 aromatic carbocycles. The normalized spacial score (nSPS) is 12.4. The highest BCUT2D eigenvalue weighted by Gasteiger charge is 2.30. The number of nitrogens with one attached hydrogen (secondary N) is 2. The number of carbonyl (C=O) groups excluding carboxylic acids is 1. The maximum atomic E-state index is 13.1. The molecule has 180 valence electrons. The third kappa shape index (κ3) is 4.84. The van der Waals surface area contributed by atoms with Gasteiger partial charge >= 0.3 is 6.18 Å². The van der Waals surface area contributed by atoms with E-state index in [4.69, 9.17) is 0 Å². The Morgan fingerprint density at radius 1 is 0.971 bits per heavy atom. The average molecular weight is 481 g/mol. The van der Waals surface area contributed by atoms with Gasteiger partial charge in [0.2, 0.25) is 0 Å². The quantitative estimate of drug-likeness (QED) is 0.352. The number of fused-ring (bicyclic) bond motifs is 1. The van der Waals surface area contributed by atoms with Crippen molar-refractivity contribution in [2.45, 2.75) is 19.1 Å². The molecule has 1 amide bonds. The smallest absolute Gasteiger partial charge is 0.416 e. The maximum absolute atomic E-state index is 13.1. The van der Waals surface area contributed by atoms with Crippen LogP contribution in [0.15, 0.2) is 77.6 Å². The zero-order valence-corrected chi connectivity index (χ0v) is 18.9. The fraction of sp³-hybridized carbons (Fsp3) is 0.154. The van der Waals surface area contributed by atoms with Crippen molar-refractivity contribution in [3.8, 4) is 5.75 Å². The lowest BCUT2D eigenvalue weighted by Gasteiger charge is -2.18. The van der Waals surface area contributed by atoms with Crippen molar-refractivity contribution in [1.29, 1.82) is 0 Å². The van der Waals surface area contributed by atoms with Gasteiger partial charge in [0.25, 0.3) is 11.5 Å². The van der Waals surface area contributed by atoms with Gasteiger partial charge in [0.15, 0.2) is 5.75 Å². The highest BCUT2D eigenvalue weighted by molar-refractivity contribution is 6.08. The molecule has 0 saturated heterocycles. The molecule has 0 aliphatic rings. The Bertz CT molecular complexity index is 1480. The number of halogens is 3. The molecule has 0 unspecified atom stereocenters. The first kappa shape index (κ1) is 23.9. The summed E-state index contributed by atoms with van der Waals surface area (Å²) >= 11 is 0. The van der Waals surface area contributed by atoms with E-state index in [9.17, 15) is 27.9 Å². The summed E-state index contributed by atoms with van der Waals surface area (Å²) in [5.41, 5.74) is 0.404. The van der Waals surface area contributed by atoms with Crippen molar-refractivity contribution in [1.82, 2.24) is 9.88 Å². The summed E-state index contributed by atoms with van der Waals surface area (Å²) < 4.78 is 40.3. The second-order valence-corrected chi connectivity index (χ2v) is 8.13. The van der Waals surface area contributed by atoms with E-state index in [1.165, 1.54) is 23.7 Å². The molecule has 0 fully saturated rings. The number of aromatic nitrogens is 1. The van der Waals surface area contributed by atoms with Crippen molar-refractivity contribution in [2.24, 2.45) is 7.05 Å². The Morgan fingerprint density at radius 2 is 1.63 bits per heavy atom. The van der Waals surface area contributed by atoms with E-state index in [1.54, 1.807) is 55.5 Å². The molecule has 6 nitrogen and oxygen atoms in total. The molecule has 0 aliphatic heterocycles. The van der Waals surface area contributed by atoms with Gasteiger partial charge in [-0.1, -0.05) is 36.4 Å². The Balaban J connectivity index is 1.58. The van der Waals surface area contributed by atoms with Crippen LogP contribution in [0.4, 0.5) is 24.5 Å². The summed E-state index contributed by atoms with van der Waals surface area (Å²) in [7, 11) is 1.51. The number of aryl methyl sites for hydroxylation is 1. The van der Waals surface area contributed by atoms with Crippen molar-refractivity contribution in [3.05, 3.63) is 99.8 Å². The number of rotatable bonds is 5. The third-order valence-electron chi connectivity index (χ3n) is 5.72. The molecule has 3 N–H and O–H groups in total. The Kier molecular flexibility index (Phi) is 6.26. The topological polar surface area (TPSA) is 83.4 Å². The van der Waals surface area contributed by atoms with Crippen molar-refractivity contribution >= 4 is 28.2 Å². The second kappa shape index (κ2) is 9.17. The fourth-order valence-corrected chi connectivity index (χ4v) is 3.89. The number of amides is 1. The maximum Gasteiger partial charge on any atom is 0.416 e. The van der Waals surface area contributed by atoms with Crippen LogP contribution in [-0.4, -0.2) is 15.6 Å². The van der Waals surface area contributed by atoms with Gasteiger partial charge in [0, 0.05) is 23.8 Å². The van der Waals surface area contributed by atoms with Crippen molar-refractivity contribution < 1.29 is 23.1 Å². The number of nitrogens with zero attached hydrogens (tertiary/aromatic N) is 1. The molecule has 0 aliphatic carbocycles. The van der Waals surface area contributed by atoms with E-state index < -0.39 is 35.0 Å². The van der Waals surface area contributed by atoms with Crippen LogP contribution in [0, 0.1) is 0 Å². The number of hydrogen-bond acceptors (Lipinski definition) is 4. The van der Waals surface area contributed by atoms with E-state index >= 15 is 0 Å². The van der Waals surface area contributed by atoms with E-state index in [0.29, 0.717) is 22.2 Å². The minimum atomic E-state index is -4.45. The molecule has 1 aromatic heterocycles. The number of aromatic hydroxyl groups is 1. The van der Waals surface area contributed by atoms with Crippen LogP contribution >= 0.6 is 0 Å². The molecule has 0 radical (unpaired) electrons. The van der Waals surface area contributed by atoms with Gasteiger partial charge in [-0.3, -0.25) is 9.59 Å². The lowest BCUT2D eigenvalue weighted by Crippen LogP contribution is -2.29. The van der Waals surface area contributed by atoms with Crippen molar-refractivity contribution in [2.75, 3.05) is 5.32 Å². The van der Waals surface area contributed by atoms with Gasteiger partial charge in [0.1, 0.15) is 0 Å². The monoisotopic (exact) mass is 481 g/mol. The van der Waals surface area contributed by atoms with E-state index in [2.05, 4.69) is 10.6 Å². The predicted molar refractivity (Wildman–Crippen MR) is 128 cm³/mol. The van der Waals surface area contributed by atoms with E-state index in [1.807, 2.05) is 0 Å². The third-order valence-corrected chi connectivity index (χ3v) is 5.72. The molecule has 0 saturated carbocycles. The predicted octanol–water partition coefficient (Wildman–Crippen LogP) is 5.50. The van der Waals surface area contributed by atoms with Gasteiger partial charge in [-0.05, 0) is 48.9 Å². The number of benzene rings is 3. The summed E-state index contributed by atoms with van der Waals surface area (Å²) in [5, 5.41) is 16.6. The molecule has 4 rings (SSSR count). The molecule has 1 heterocycles. The van der Waals surface area contributed by atoms with Crippen LogP contribution in [0.2, 0.25) is 0 Å². The number of anilines is 2. The Labute approximate surface area is 198 Å². The Hall–Kier alpha value is -4.27. The summed E-state index contributed by atoms with van der Waals surface area (Å²) in [6, 6.07) is 17.9. The van der Waals surface area contributed by atoms with Gasteiger partial charge in [-0.2, -0.15) is 13.2 Å². The minimum absolute atomic E-state index is 0.117. The number of para-hydroxylation sites is 1. The highest BCUT2D eigenvalue weighted by Crippen LogP contribution is 2.32. The lowest BCUT2D eigenvalue weighted by atomic mass is 10.0. The molecular formula is C26H22F3N3O3. The van der Waals surface area contributed by atoms with E-state index in [0.717, 1.165) is 12.1 Å². The second-order valence-electron chi connectivity index (χ2n) is 8.13. The average Bonchev–Trinajstić information content (AvgIpc) is 2.82. The molecule has 9 heteroatoms. The highest BCUT2D eigenvalue weighted by atomic mass is 19.4. The summed E-state index contributed by atoms with van der Waals surface area (Å²) in [6.07, 6.45) is -4.45. The SMILES string of the molecule is C[C@@H](NC(=O)c1c(O)c(=O)n(C)c2ccccc12)c1cccc(Nc2cccc(C(F)(F)F)c2)c1. The summed E-state index contributed by atoms with van der Waals surface area (Å²) in [6.45, 7) is 1.72. The summed E-state index contributed by atoms with van der Waals surface area (Å²) in [4.78, 5) is 25.5. The Morgan fingerprint density at radius 3 is 2.34 bits per heavy atom. The zero-order chi connectivity index (χ0) is 25.3. The lowest BCUT2D eigenvalue weighted by molar-refractivity contribution is -0.137. The van der Waals surface area contributed by atoms with Crippen molar-refractivity contribution in [3.63, 3.8) is 0 Å². The number of hydrogen-bond donors (Lipinski definition) is 3. The molecule has 1 atom stereocenters. The molecule has 4 aromatic rings. The fourth-order valence-electron chi connectivity index (χ4n) is 3.89. The zero-order valence-electron chi connectivity index (χ0n) is 18.9. The summed E-state index contributed by atoms with van der Waals surface area (Å²) in [5.74, 6) is -1.27. The first-order chi connectivity index (χ1) is 16.6. The molecule has 0 spiro atoms. The molecule has 35 heavy (non-hydrogen) atoms.